The average molecular weight is 348 g/mol. The van der Waals surface area contributed by atoms with Crippen LogP contribution in [0.5, 0.6) is 0 Å². The third-order valence-corrected chi connectivity index (χ3v) is 6.78. The first-order valence-corrected chi connectivity index (χ1v) is 9.66. The fourth-order valence-electron chi connectivity index (χ4n) is 4.84. The molecule has 2 bridgehead atoms. The summed E-state index contributed by atoms with van der Waals surface area (Å²) in [5.41, 5.74) is 2.00. The Morgan fingerprint density at radius 1 is 1.32 bits per heavy atom. The zero-order valence-corrected chi connectivity index (χ0v) is 15.8. The van der Waals surface area contributed by atoms with Crippen LogP contribution in [0.2, 0.25) is 0 Å². The predicted octanol–water partition coefficient (Wildman–Crippen LogP) is 2.37. The van der Waals surface area contributed by atoms with Gasteiger partial charge in [0.05, 0.1) is 0 Å². The van der Waals surface area contributed by atoms with Crippen molar-refractivity contribution in [3.63, 3.8) is 0 Å². The molecule has 0 aromatic carbocycles. The second kappa shape index (κ2) is 7.48. The van der Waals surface area contributed by atoms with Gasteiger partial charge in [-0.3, -0.25) is 9.59 Å². The lowest BCUT2D eigenvalue weighted by Gasteiger charge is -2.56. The van der Waals surface area contributed by atoms with Crippen LogP contribution >= 0.6 is 0 Å². The number of allylic oxidation sites excluding steroid dienone is 1. The average Bonchev–Trinajstić information content (AvgIpc) is 2.62. The number of rotatable bonds is 6. The summed E-state index contributed by atoms with van der Waals surface area (Å²) in [5, 5.41) is 3.13. The van der Waals surface area contributed by atoms with E-state index >= 15 is 0 Å². The molecule has 140 valence electrons. The minimum Gasteiger partial charge on any atom is -0.375 e. The van der Waals surface area contributed by atoms with E-state index in [-0.39, 0.29) is 24.3 Å². The van der Waals surface area contributed by atoms with Gasteiger partial charge in [-0.15, -0.1) is 0 Å². The first-order valence-electron chi connectivity index (χ1n) is 9.66. The number of carbonyl (C=O) groups excluding carboxylic acids is 2. The van der Waals surface area contributed by atoms with Gasteiger partial charge in [0.25, 0.3) is 0 Å². The van der Waals surface area contributed by atoms with Gasteiger partial charge in [0.1, 0.15) is 6.61 Å². The zero-order valence-electron chi connectivity index (χ0n) is 15.8. The van der Waals surface area contributed by atoms with Gasteiger partial charge >= 0.3 is 0 Å². The Morgan fingerprint density at radius 2 is 2.04 bits per heavy atom. The molecule has 4 aliphatic rings. The van der Waals surface area contributed by atoms with Crippen LogP contribution in [0.3, 0.4) is 0 Å². The summed E-state index contributed by atoms with van der Waals surface area (Å²) in [6.45, 7) is 6.95. The number of nitrogens with one attached hydrogen (secondary N) is 1. The molecule has 1 aliphatic heterocycles. The first-order chi connectivity index (χ1) is 11.9. The number of likely N-dealkylation sites (tertiary alicyclic amines) is 1. The van der Waals surface area contributed by atoms with E-state index in [9.17, 15) is 9.59 Å². The van der Waals surface area contributed by atoms with E-state index in [0.29, 0.717) is 18.5 Å². The fraction of sp³-hybridized carbons (Fsp3) is 0.800. The van der Waals surface area contributed by atoms with Gasteiger partial charge < -0.3 is 15.0 Å². The van der Waals surface area contributed by atoms with Crippen molar-refractivity contribution in [3.8, 4) is 0 Å². The molecule has 1 N–H and O–H groups in total. The highest BCUT2D eigenvalue weighted by molar-refractivity contribution is 5.80. The van der Waals surface area contributed by atoms with E-state index in [0.717, 1.165) is 37.6 Å². The van der Waals surface area contributed by atoms with Crippen molar-refractivity contribution in [3.05, 3.63) is 11.6 Å². The van der Waals surface area contributed by atoms with E-state index in [1.807, 2.05) is 0 Å². The molecular weight excluding hydrogens is 316 g/mol. The lowest BCUT2D eigenvalue weighted by molar-refractivity contribution is -0.138. The molecule has 2 amide bonds. The molecular formula is C20H32N2O3. The molecule has 2 atom stereocenters. The Kier molecular flexibility index (Phi) is 5.52. The molecule has 2 fully saturated rings. The molecule has 0 unspecified atom stereocenters. The number of hydrogen-bond donors (Lipinski definition) is 1. The molecule has 0 aromatic heterocycles. The third kappa shape index (κ3) is 3.76. The van der Waals surface area contributed by atoms with Gasteiger partial charge in [0.2, 0.25) is 11.8 Å². The van der Waals surface area contributed by atoms with Crippen molar-refractivity contribution < 1.29 is 14.3 Å². The summed E-state index contributed by atoms with van der Waals surface area (Å²) >= 11 is 0. The molecule has 5 nitrogen and oxygen atoms in total. The number of nitrogens with zero attached hydrogens (tertiary/aromatic N) is 1. The van der Waals surface area contributed by atoms with Gasteiger partial charge in [-0.25, -0.2) is 0 Å². The lowest BCUT2D eigenvalue weighted by Crippen LogP contribution is -2.48. The quantitative estimate of drug-likeness (QED) is 0.750. The van der Waals surface area contributed by atoms with Crippen LogP contribution in [0, 0.1) is 23.2 Å². The van der Waals surface area contributed by atoms with Gasteiger partial charge in [-0.2, -0.15) is 0 Å². The van der Waals surface area contributed by atoms with E-state index < -0.39 is 0 Å². The number of hydrogen-bond acceptors (Lipinski definition) is 3. The zero-order chi connectivity index (χ0) is 18.0. The molecule has 4 rings (SSSR count). The smallest absolute Gasteiger partial charge is 0.248 e. The van der Waals surface area contributed by atoms with Gasteiger partial charge in [0, 0.05) is 32.7 Å². The highest BCUT2D eigenvalue weighted by atomic mass is 16.5. The molecule has 1 saturated carbocycles. The number of amides is 2. The monoisotopic (exact) mass is 348 g/mol. The van der Waals surface area contributed by atoms with Crippen LogP contribution in [0.1, 0.15) is 46.0 Å². The maximum absolute atomic E-state index is 12.4. The summed E-state index contributed by atoms with van der Waals surface area (Å²) in [7, 11) is 1.53. The van der Waals surface area contributed by atoms with E-state index in [2.05, 4.69) is 25.2 Å². The van der Waals surface area contributed by atoms with Crippen molar-refractivity contribution >= 4 is 11.8 Å². The van der Waals surface area contributed by atoms with E-state index in [4.69, 9.17) is 4.74 Å². The first kappa shape index (κ1) is 18.4. The Bertz CT molecular complexity index is 547. The highest BCUT2D eigenvalue weighted by Gasteiger charge is 2.50. The minimum absolute atomic E-state index is 0.0204. The van der Waals surface area contributed by atoms with Gasteiger partial charge in [-0.05, 0) is 49.4 Å². The second-order valence-electron chi connectivity index (χ2n) is 8.45. The van der Waals surface area contributed by atoms with Crippen molar-refractivity contribution in [2.45, 2.75) is 46.0 Å². The molecule has 1 heterocycles. The summed E-state index contributed by atoms with van der Waals surface area (Å²) in [6.07, 6.45) is 7.44. The highest BCUT2D eigenvalue weighted by Crippen LogP contribution is 2.59. The van der Waals surface area contributed by atoms with Crippen LogP contribution < -0.4 is 5.32 Å². The Hall–Kier alpha value is -1.36. The maximum atomic E-state index is 12.4. The minimum atomic E-state index is 0.0204. The molecule has 0 radical (unpaired) electrons. The Morgan fingerprint density at radius 3 is 2.64 bits per heavy atom. The van der Waals surface area contributed by atoms with Crippen molar-refractivity contribution in [2.24, 2.45) is 23.2 Å². The standard InChI is InChI=1S/C20H32N2O3/c1-20(2)16-5-4-14(17(20)12-16)6-9-21-19(24)15-7-10-22(11-8-15)18(23)13-25-3/h4,15-17H,5-13H2,1-3H3,(H,21,24)/t16-,17-/m0/s1. The van der Waals surface area contributed by atoms with Crippen molar-refractivity contribution in [1.29, 1.82) is 0 Å². The molecule has 0 spiro atoms. The molecule has 0 aromatic rings. The summed E-state index contributed by atoms with van der Waals surface area (Å²) in [4.78, 5) is 26.0. The van der Waals surface area contributed by atoms with E-state index in [1.165, 1.54) is 20.0 Å². The Balaban J connectivity index is 1.38. The summed E-state index contributed by atoms with van der Waals surface area (Å²) in [5.74, 6) is 1.80. The largest absolute Gasteiger partial charge is 0.375 e. The molecule has 1 saturated heterocycles. The number of fused-ring (bicyclic) bond motifs is 1. The van der Waals surface area contributed by atoms with Crippen LogP contribution in [-0.4, -0.2) is 50.1 Å². The van der Waals surface area contributed by atoms with Gasteiger partial charge in [-0.1, -0.05) is 25.5 Å². The summed E-state index contributed by atoms with van der Waals surface area (Å²) in [6, 6.07) is 0. The van der Waals surface area contributed by atoms with Crippen molar-refractivity contribution in [2.75, 3.05) is 33.4 Å². The van der Waals surface area contributed by atoms with Crippen LogP contribution in [0.15, 0.2) is 11.6 Å². The molecule has 5 heteroatoms. The van der Waals surface area contributed by atoms with E-state index in [1.54, 1.807) is 10.5 Å². The van der Waals surface area contributed by atoms with Gasteiger partial charge in [0.15, 0.2) is 0 Å². The summed E-state index contributed by atoms with van der Waals surface area (Å²) < 4.78 is 4.89. The van der Waals surface area contributed by atoms with Crippen LogP contribution in [0.25, 0.3) is 0 Å². The SMILES string of the molecule is COCC(=O)N1CCC(C(=O)NCCC2=CC[C@H]3C[C@@H]2C3(C)C)CC1. The number of piperidine rings is 1. The lowest BCUT2D eigenvalue weighted by atomic mass is 9.48. The maximum Gasteiger partial charge on any atom is 0.248 e. The predicted molar refractivity (Wildman–Crippen MR) is 96.9 cm³/mol. The number of ether oxygens (including phenoxy) is 1. The van der Waals surface area contributed by atoms with Crippen LogP contribution in [-0.2, 0) is 14.3 Å². The third-order valence-electron chi connectivity index (χ3n) is 6.78. The van der Waals surface area contributed by atoms with Crippen LogP contribution in [0.4, 0.5) is 0 Å². The van der Waals surface area contributed by atoms with Crippen molar-refractivity contribution in [1.82, 2.24) is 10.2 Å². The normalized spacial score (nSPS) is 28.1. The second-order valence-corrected chi connectivity index (χ2v) is 8.45. The number of methoxy groups -OCH3 is 1. The Labute approximate surface area is 151 Å². The fourth-order valence-corrected chi connectivity index (χ4v) is 4.84. The number of carbonyl (C=O) groups is 2. The molecule has 3 aliphatic carbocycles. The topological polar surface area (TPSA) is 58.6 Å². The molecule has 25 heavy (non-hydrogen) atoms.